The van der Waals surface area contributed by atoms with Crippen molar-refractivity contribution in [3.05, 3.63) is 103 Å². The predicted octanol–water partition coefficient (Wildman–Crippen LogP) is 7.06. The zero-order valence-corrected chi connectivity index (χ0v) is 17.6. The molecule has 0 fully saturated rings. The lowest BCUT2D eigenvalue weighted by Gasteiger charge is -2.03. The van der Waals surface area contributed by atoms with Gasteiger partial charge < -0.3 is 4.98 Å². The Morgan fingerprint density at radius 3 is 2.75 bits per heavy atom. The molecule has 0 aliphatic carbocycles. The summed E-state index contributed by atoms with van der Waals surface area (Å²) in [5.41, 5.74) is 7.38. The van der Waals surface area contributed by atoms with Crippen LogP contribution in [0.5, 0.6) is 0 Å². The molecule has 0 bridgehead atoms. The molecule has 32 heavy (non-hydrogen) atoms. The third kappa shape index (κ3) is 3.44. The van der Waals surface area contributed by atoms with Crippen LogP contribution < -0.4 is 0 Å². The van der Waals surface area contributed by atoms with E-state index in [1.54, 1.807) is 24.5 Å². The Hall–Kier alpha value is -4.25. The van der Waals surface area contributed by atoms with Gasteiger partial charge in [-0.05, 0) is 54.0 Å². The molecule has 0 aliphatic rings. The second-order valence-corrected chi connectivity index (χ2v) is 7.51. The number of benzene rings is 2. The van der Waals surface area contributed by atoms with Gasteiger partial charge in [-0.15, -0.1) is 0 Å². The van der Waals surface area contributed by atoms with Gasteiger partial charge in [-0.2, -0.15) is 5.10 Å². The molecule has 0 amide bonds. The largest absolute Gasteiger partial charge is 0.352 e. The molecule has 5 heteroatoms. The average molecular weight is 420 g/mol. The standard InChI is InChI=1S/C27H21FN4/c1-3-5-7-17(4-2)18-10-11-24-22(13-18)27(32-31-24)25-14-21-23(15-29-16-26(21)30-25)19-8-6-9-20(28)12-19/h3-16,30H,1H2,2H3,(H,31,32)/b7-5-,17-4+. The molecule has 0 atom stereocenters. The maximum atomic E-state index is 13.8. The summed E-state index contributed by atoms with van der Waals surface area (Å²) in [6.07, 6.45) is 11.3. The zero-order chi connectivity index (χ0) is 22.1. The van der Waals surface area contributed by atoms with Gasteiger partial charge in [0.15, 0.2) is 0 Å². The third-order valence-electron chi connectivity index (χ3n) is 5.56. The molecule has 5 aromatic rings. The van der Waals surface area contributed by atoms with Gasteiger partial charge in [0.25, 0.3) is 0 Å². The highest BCUT2D eigenvalue weighted by Crippen LogP contribution is 2.34. The van der Waals surface area contributed by atoms with Gasteiger partial charge in [0.1, 0.15) is 11.5 Å². The van der Waals surface area contributed by atoms with Crippen molar-refractivity contribution in [1.82, 2.24) is 20.2 Å². The minimum atomic E-state index is -0.272. The summed E-state index contributed by atoms with van der Waals surface area (Å²) in [7, 11) is 0. The molecule has 3 heterocycles. The smallest absolute Gasteiger partial charge is 0.123 e. The minimum Gasteiger partial charge on any atom is -0.352 e. The number of hydrogen-bond acceptors (Lipinski definition) is 2. The van der Waals surface area contributed by atoms with Crippen molar-refractivity contribution in [3.63, 3.8) is 0 Å². The van der Waals surface area contributed by atoms with E-state index in [1.807, 2.05) is 37.3 Å². The number of rotatable bonds is 5. The predicted molar refractivity (Wildman–Crippen MR) is 130 cm³/mol. The van der Waals surface area contributed by atoms with Crippen molar-refractivity contribution < 1.29 is 4.39 Å². The Morgan fingerprint density at radius 2 is 1.94 bits per heavy atom. The first-order valence-electron chi connectivity index (χ1n) is 10.3. The Bertz CT molecular complexity index is 1520. The fraction of sp³-hybridized carbons (Fsp3) is 0.0370. The lowest BCUT2D eigenvalue weighted by molar-refractivity contribution is 0.628. The van der Waals surface area contributed by atoms with Crippen LogP contribution >= 0.6 is 0 Å². The Morgan fingerprint density at radius 1 is 1.03 bits per heavy atom. The summed E-state index contributed by atoms with van der Waals surface area (Å²) in [5.74, 6) is -0.272. The SMILES string of the molecule is C=C/C=C\C(=C/C)c1ccc2[nH]nc(-c3cc4c(-c5cccc(F)c5)cncc4[nH]3)c2c1. The normalized spacial score (nSPS) is 12.2. The van der Waals surface area contributed by atoms with Crippen LogP contribution in [0.1, 0.15) is 12.5 Å². The number of hydrogen-bond donors (Lipinski definition) is 2. The van der Waals surface area contributed by atoms with Crippen molar-refractivity contribution in [2.24, 2.45) is 0 Å². The van der Waals surface area contributed by atoms with E-state index in [-0.39, 0.29) is 5.82 Å². The monoisotopic (exact) mass is 420 g/mol. The second-order valence-electron chi connectivity index (χ2n) is 7.51. The summed E-state index contributed by atoms with van der Waals surface area (Å²) in [6, 6.07) is 14.9. The number of pyridine rings is 1. The van der Waals surface area contributed by atoms with E-state index >= 15 is 0 Å². The molecule has 2 aromatic carbocycles. The van der Waals surface area contributed by atoms with Crippen LogP contribution in [0, 0.1) is 5.82 Å². The lowest BCUT2D eigenvalue weighted by atomic mass is 10.0. The van der Waals surface area contributed by atoms with Gasteiger partial charge in [0, 0.05) is 22.5 Å². The van der Waals surface area contributed by atoms with Gasteiger partial charge in [-0.1, -0.05) is 49.1 Å². The van der Waals surface area contributed by atoms with Crippen molar-refractivity contribution in [3.8, 4) is 22.5 Å². The van der Waals surface area contributed by atoms with Crippen LogP contribution in [-0.2, 0) is 0 Å². The fourth-order valence-electron chi connectivity index (χ4n) is 3.99. The topological polar surface area (TPSA) is 57.4 Å². The highest BCUT2D eigenvalue weighted by Gasteiger charge is 2.15. The summed E-state index contributed by atoms with van der Waals surface area (Å²) < 4.78 is 13.8. The van der Waals surface area contributed by atoms with Crippen molar-refractivity contribution in [1.29, 1.82) is 0 Å². The minimum absolute atomic E-state index is 0.272. The molecular weight excluding hydrogens is 399 g/mol. The van der Waals surface area contributed by atoms with Gasteiger partial charge in [-0.3, -0.25) is 10.1 Å². The van der Waals surface area contributed by atoms with Crippen LogP contribution in [0.4, 0.5) is 4.39 Å². The number of allylic oxidation sites excluding steroid dienone is 5. The maximum Gasteiger partial charge on any atom is 0.123 e. The van der Waals surface area contributed by atoms with E-state index in [9.17, 15) is 4.39 Å². The molecule has 0 radical (unpaired) electrons. The van der Waals surface area contributed by atoms with Crippen LogP contribution in [0.15, 0.2) is 91.8 Å². The highest BCUT2D eigenvalue weighted by molar-refractivity contribution is 6.01. The molecule has 2 N–H and O–H groups in total. The molecule has 0 spiro atoms. The quantitative estimate of drug-likeness (QED) is 0.299. The summed E-state index contributed by atoms with van der Waals surface area (Å²) in [5, 5.41) is 9.68. The van der Waals surface area contributed by atoms with Gasteiger partial charge >= 0.3 is 0 Å². The van der Waals surface area contributed by atoms with Crippen molar-refractivity contribution >= 4 is 27.4 Å². The molecule has 4 nitrogen and oxygen atoms in total. The Balaban J connectivity index is 1.65. The molecule has 0 saturated heterocycles. The van der Waals surface area contributed by atoms with E-state index in [2.05, 4.69) is 45.0 Å². The third-order valence-corrected chi connectivity index (χ3v) is 5.56. The number of fused-ring (bicyclic) bond motifs is 2. The van der Waals surface area contributed by atoms with Crippen molar-refractivity contribution in [2.75, 3.05) is 0 Å². The maximum absolute atomic E-state index is 13.8. The number of aromatic nitrogens is 4. The van der Waals surface area contributed by atoms with E-state index in [0.717, 1.165) is 55.5 Å². The molecule has 5 rings (SSSR count). The summed E-state index contributed by atoms with van der Waals surface area (Å²) >= 11 is 0. The first-order chi connectivity index (χ1) is 15.7. The van der Waals surface area contributed by atoms with Crippen LogP contribution in [-0.4, -0.2) is 20.2 Å². The second kappa shape index (κ2) is 8.12. The number of halogens is 1. The number of aromatic amines is 2. The van der Waals surface area contributed by atoms with E-state index in [0.29, 0.717) is 0 Å². The van der Waals surface area contributed by atoms with E-state index < -0.39 is 0 Å². The Kier molecular flexibility index (Phi) is 5.00. The van der Waals surface area contributed by atoms with Crippen molar-refractivity contribution in [2.45, 2.75) is 6.92 Å². The van der Waals surface area contributed by atoms with Gasteiger partial charge in [0.2, 0.25) is 0 Å². The molecule has 3 aromatic heterocycles. The first-order valence-corrected chi connectivity index (χ1v) is 10.3. The van der Waals surface area contributed by atoms with Gasteiger partial charge in [0.05, 0.1) is 22.9 Å². The van der Waals surface area contributed by atoms with Crippen LogP contribution in [0.3, 0.4) is 0 Å². The number of nitrogens with zero attached hydrogens (tertiary/aromatic N) is 2. The lowest BCUT2D eigenvalue weighted by Crippen LogP contribution is -1.83. The first kappa shape index (κ1) is 19.7. The molecule has 156 valence electrons. The number of H-pyrrole nitrogens is 2. The van der Waals surface area contributed by atoms with E-state index in [1.165, 1.54) is 12.1 Å². The van der Waals surface area contributed by atoms with Crippen LogP contribution in [0.2, 0.25) is 0 Å². The number of nitrogens with one attached hydrogen (secondary N) is 2. The summed E-state index contributed by atoms with van der Waals surface area (Å²) in [6.45, 7) is 5.77. The average Bonchev–Trinajstić information content (AvgIpc) is 3.43. The Labute approximate surface area is 184 Å². The summed E-state index contributed by atoms with van der Waals surface area (Å²) in [4.78, 5) is 7.78. The molecule has 0 saturated carbocycles. The van der Waals surface area contributed by atoms with Crippen LogP contribution in [0.25, 0.3) is 49.9 Å². The highest BCUT2D eigenvalue weighted by atomic mass is 19.1. The van der Waals surface area contributed by atoms with E-state index in [4.69, 9.17) is 0 Å². The fourth-order valence-corrected chi connectivity index (χ4v) is 3.99. The molecule has 0 unspecified atom stereocenters. The van der Waals surface area contributed by atoms with Gasteiger partial charge in [-0.25, -0.2) is 4.39 Å². The zero-order valence-electron chi connectivity index (χ0n) is 17.6. The molecule has 0 aliphatic heterocycles. The molecular formula is C27H21FN4.